The highest BCUT2D eigenvalue weighted by atomic mass is 35.5. The van der Waals surface area contributed by atoms with Gasteiger partial charge in [-0.3, -0.25) is 9.91 Å². The van der Waals surface area contributed by atoms with Crippen LogP contribution in [-0.2, 0) is 6.54 Å². The van der Waals surface area contributed by atoms with Gasteiger partial charge in [-0.1, -0.05) is 29.8 Å². The first-order chi connectivity index (χ1) is 13.8. The van der Waals surface area contributed by atoms with E-state index in [1.165, 1.54) is 9.91 Å². The molecule has 0 atom stereocenters. The van der Waals surface area contributed by atoms with Gasteiger partial charge in [0.2, 0.25) is 0 Å². The highest BCUT2D eigenvalue weighted by Gasteiger charge is 2.43. The first-order valence-corrected chi connectivity index (χ1v) is 9.94. The maximum atomic E-state index is 13.8. The number of aromatic amines is 1. The van der Waals surface area contributed by atoms with Crippen molar-refractivity contribution in [3.05, 3.63) is 34.9 Å². The predicted octanol–water partition coefficient (Wildman–Crippen LogP) is 2.65. The van der Waals surface area contributed by atoms with Crippen molar-refractivity contribution in [1.82, 2.24) is 4.98 Å². The van der Waals surface area contributed by atoms with Gasteiger partial charge in [0.15, 0.2) is 5.69 Å². The second kappa shape index (κ2) is 7.79. The Kier molecular flexibility index (Phi) is 5.35. The largest absolute Gasteiger partial charge is 0.440 e. The van der Waals surface area contributed by atoms with Gasteiger partial charge in [0.25, 0.3) is 17.6 Å². The summed E-state index contributed by atoms with van der Waals surface area (Å²) in [6.45, 7) is 0.513. The number of halogens is 3. The Morgan fingerprint density at radius 1 is 1.34 bits per heavy atom. The standard InChI is InChI=1S/C19H23ClF2N6O/c20-14-4-2-1-3-13(14)9-28(24)17-15(23)16(27-8-7-19(21,22)11-27)25-18(26-17)29-10-12-5-6-12/h1-4,12H,5-11,23-24H2/p+1. The van der Waals surface area contributed by atoms with E-state index in [2.05, 4.69) is 9.97 Å². The topological polar surface area (TPSA) is 94.8 Å². The van der Waals surface area contributed by atoms with Crippen molar-refractivity contribution in [2.45, 2.75) is 31.7 Å². The molecule has 0 radical (unpaired) electrons. The van der Waals surface area contributed by atoms with Crippen LogP contribution >= 0.6 is 11.6 Å². The second-order valence-electron chi connectivity index (χ2n) is 7.63. The lowest BCUT2D eigenvalue weighted by molar-refractivity contribution is -0.385. The molecule has 10 heteroatoms. The molecular formula is C19H24ClF2N6O+. The molecule has 1 saturated carbocycles. The number of aromatic nitrogens is 2. The number of anilines is 3. The van der Waals surface area contributed by atoms with Gasteiger partial charge in [-0.15, -0.1) is 0 Å². The number of hydrogen-bond donors (Lipinski definition) is 2. The Bertz CT molecular complexity index is 895. The monoisotopic (exact) mass is 425 g/mol. The number of nitrogen functional groups attached to an aromatic ring is 1. The lowest BCUT2D eigenvalue weighted by Gasteiger charge is -2.21. The zero-order valence-electron chi connectivity index (χ0n) is 15.9. The molecule has 0 spiro atoms. The van der Waals surface area contributed by atoms with Gasteiger partial charge in [-0.2, -0.15) is 0 Å². The Morgan fingerprint density at radius 3 is 2.76 bits per heavy atom. The van der Waals surface area contributed by atoms with Gasteiger partial charge in [-0.05, 0) is 35.4 Å². The van der Waals surface area contributed by atoms with E-state index in [1.54, 1.807) is 6.07 Å². The fourth-order valence-corrected chi connectivity index (χ4v) is 3.48. The minimum atomic E-state index is -2.77. The second-order valence-corrected chi connectivity index (χ2v) is 8.04. The minimum absolute atomic E-state index is 0.175. The molecular weight excluding hydrogens is 402 g/mol. The van der Waals surface area contributed by atoms with Crippen LogP contribution in [0.2, 0.25) is 5.02 Å². The van der Waals surface area contributed by atoms with Crippen LogP contribution in [0.4, 0.5) is 26.1 Å². The average molecular weight is 426 g/mol. The maximum absolute atomic E-state index is 13.8. The molecule has 2 heterocycles. The summed E-state index contributed by atoms with van der Waals surface area (Å²) in [7, 11) is 0. The van der Waals surface area contributed by atoms with Crippen molar-refractivity contribution >= 4 is 28.9 Å². The number of hydrazine groups is 1. The van der Waals surface area contributed by atoms with Gasteiger partial charge in [0.1, 0.15) is 6.54 Å². The quantitative estimate of drug-likeness (QED) is 0.523. The number of benzene rings is 1. The minimum Gasteiger partial charge on any atom is -0.440 e. The Labute approximate surface area is 172 Å². The molecule has 29 heavy (non-hydrogen) atoms. The summed E-state index contributed by atoms with van der Waals surface area (Å²) >= 11 is 6.23. The van der Waals surface area contributed by atoms with Crippen molar-refractivity contribution in [2.75, 3.05) is 35.3 Å². The molecule has 7 nitrogen and oxygen atoms in total. The van der Waals surface area contributed by atoms with Crippen LogP contribution in [0.15, 0.2) is 24.3 Å². The number of nitrogens with zero attached hydrogens (tertiary/aromatic N) is 3. The zero-order valence-corrected chi connectivity index (χ0v) is 16.6. The van der Waals surface area contributed by atoms with Crippen molar-refractivity contribution in [2.24, 2.45) is 11.8 Å². The van der Waals surface area contributed by atoms with Crippen molar-refractivity contribution < 1.29 is 18.5 Å². The van der Waals surface area contributed by atoms with Crippen LogP contribution in [0.3, 0.4) is 0 Å². The molecule has 1 aromatic carbocycles. The van der Waals surface area contributed by atoms with E-state index < -0.39 is 12.5 Å². The van der Waals surface area contributed by atoms with E-state index in [0.29, 0.717) is 23.4 Å². The van der Waals surface area contributed by atoms with Crippen LogP contribution in [0.1, 0.15) is 24.8 Å². The maximum Gasteiger partial charge on any atom is 0.433 e. The normalized spacial score (nSPS) is 18.1. The van der Waals surface area contributed by atoms with Crippen molar-refractivity contribution in [3.63, 3.8) is 0 Å². The summed E-state index contributed by atoms with van der Waals surface area (Å²) in [5.74, 6) is 4.58. The lowest BCUT2D eigenvalue weighted by atomic mass is 10.2. The summed E-state index contributed by atoms with van der Waals surface area (Å²) in [5.41, 5.74) is 7.27. The molecule has 1 aliphatic heterocycles. The number of ether oxygens (including phenoxy) is 1. The Morgan fingerprint density at radius 2 is 2.10 bits per heavy atom. The molecule has 4 rings (SSSR count). The Hall–Kier alpha value is -2.39. The molecule has 1 saturated heterocycles. The summed E-state index contributed by atoms with van der Waals surface area (Å²) in [5, 5.41) is 1.92. The smallest absolute Gasteiger partial charge is 0.433 e. The summed E-state index contributed by atoms with van der Waals surface area (Å²) in [6, 6.07) is 7.50. The highest BCUT2D eigenvalue weighted by Crippen LogP contribution is 2.36. The zero-order chi connectivity index (χ0) is 20.6. The van der Waals surface area contributed by atoms with E-state index in [0.717, 1.165) is 18.4 Å². The number of hydrogen-bond acceptors (Lipinski definition) is 6. The fraction of sp³-hybridized carbons (Fsp3) is 0.474. The summed E-state index contributed by atoms with van der Waals surface area (Å²) in [6.07, 6.45) is 1.99. The number of nitrogens with one attached hydrogen (secondary N) is 1. The molecule has 156 valence electrons. The molecule has 0 unspecified atom stereocenters. The summed E-state index contributed by atoms with van der Waals surface area (Å²) in [4.78, 5) is 8.89. The van der Waals surface area contributed by atoms with Crippen LogP contribution in [0.25, 0.3) is 0 Å². The molecule has 2 fully saturated rings. The van der Waals surface area contributed by atoms with Gasteiger partial charge < -0.3 is 10.5 Å². The van der Waals surface area contributed by atoms with E-state index in [9.17, 15) is 8.78 Å². The van der Waals surface area contributed by atoms with E-state index in [4.69, 9.17) is 27.9 Å². The number of H-pyrrole nitrogens is 1. The van der Waals surface area contributed by atoms with E-state index in [1.807, 2.05) is 18.2 Å². The number of alkyl halides is 2. The molecule has 0 amide bonds. The van der Waals surface area contributed by atoms with Crippen LogP contribution < -0.4 is 31.2 Å². The predicted molar refractivity (Wildman–Crippen MR) is 107 cm³/mol. The molecule has 0 bridgehead atoms. The van der Waals surface area contributed by atoms with Crippen LogP contribution in [0, 0.1) is 5.92 Å². The van der Waals surface area contributed by atoms with Gasteiger partial charge in [0, 0.05) is 11.4 Å². The molecule has 5 N–H and O–H groups in total. The summed E-state index contributed by atoms with van der Waals surface area (Å²) < 4.78 is 33.3. The van der Waals surface area contributed by atoms with Gasteiger partial charge in [0.05, 0.1) is 19.7 Å². The third-order valence-corrected chi connectivity index (χ3v) is 5.51. The lowest BCUT2D eigenvalue weighted by Crippen LogP contribution is -2.36. The first-order valence-electron chi connectivity index (χ1n) is 9.56. The SMILES string of the molecule is Nc1c(N(N)Cc2ccccc2Cl)nc(OCC2CC2)[nH+]c1N1CCC(F)(F)C1. The number of rotatable bonds is 7. The van der Waals surface area contributed by atoms with Crippen LogP contribution in [0.5, 0.6) is 6.01 Å². The highest BCUT2D eigenvalue weighted by molar-refractivity contribution is 6.31. The molecule has 1 aromatic heterocycles. The van der Waals surface area contributed by atoms with E-state index >= 15 is 0 Å². The first kappa shape index (κ1) is 19.9. The molecule has 1 aliphatic carbocycles. The average Bonchev–Trinajstić information content (AvgIpc) is 3.44. The van der Waals surface area contributed by atoms with E-state index in [-0.39, 0.29) is 37.0 Å². The third kappa shape index (κ3) is 4.62. The Balaban J connectivity index is 1.64. The van der Waals surface area contributed by atoms with Crippen molar-refractivity contribution in [1.29, 1.82) is 0 Å². The fourth-order valence-electron chi connectivity index (χ4n) is 3.29. The third-order valence-electron chi connectivity index (χ3n) is 5.14. The van der Waals surface area contributed by atoms with Crippen LogP contribution in [-0.4, -0.2) is 30.6 Å². The molecule has 2 aliphatic rings. The molecule has 2 aromatic rings. The van der Waals surface area contributed by atoms with Crippen molar-refractivity contribution in [3.8, 4) is 6.01 Å². The number of nitrogens with two attached hydrogens (primary N) is 2. The van der Waals surface area contributed by atoms with Gasteiger partial charge in [-0.25, -0.2) is 19.6 Å². The van der Waals surface area contributed by atoms with Gasteiger partial charge >= 0.3 is 6.01 Å².